The van der Waals surface area contributed by atoms with Crippen molar-refractivity contribution in [1.82, 2.24) is 0 Å². The van der Waals surface area contributed by atoms with Crippen molar-refractivity contribution in [3.05, 3.63) is 28.8 Å². The smallest absolute Gasteiger partial charge is 0.293 e. The summed E-state index contributed by atoms with van der Waals surface area (Å²) in [6.45, 7) is 3.83. The van der Waals surface area contributed by atoms with Crippen molar-refractivity contribution in [1.29, 1.82) is 0 Å². The number of hydrogen-bond acceptors (Lipinski definition) is 2. The summed E-state index contributed by atoms with van der Waals surface area (Å²) >= 11 is 0. The third kappa shape index (κ3) is 2.05. The fourth-order valence-electron chi connectivity index (χ4n) is 1.11. The first-order valence-corrected chi connectivity index (χ1v) is 4.19. The van der Waals surface area contributed by atoms with Crippen molar-refractivity contribution >= 4 is 11.6 Å². The molecule has 0 aromatic heterocycles. The van der Waals surface area contributed by atoms with E-state index in [0.717, 1.165) is 22.4 Å². The molecule has 0 saturated carbocycles. The van der Waals surface area contributed by atoms with Gasteiger partial charge >= 0.3 is 0 Å². The van der Waals surface area contributed by atoms with Gasteiger partial charge in [-0.25, -0.2) is 0 Å². The van der Waals surface area contributed by atoms with Crippen molar-refractivity contribution in [2.75, 3.05) is 5.73 Å². The largest absolute Gasteiger partial charge is 0.399 e. The lowest BCUT2D eigenvalue weighted by atomic mass is 10.0. The van der Waals surface area contributed by atoms with Crippen LogP contribution in [0.4, 0.5) is 5.69 Å². The molecule has 1 aromatic rings. The van der Waals surface area contributed by atoms with Crippen molar-refractivity contribution in [3.63, 3.8) is 0 Å². The fourth-order valence-corrected chi connectivity index (χ4v) is 1.11. The molecule has 0 unspecified atom stereocenters. The first-order chi connectivity index (χ1) is 6.52. The number of nitrogen functional groups attached to an aromatic ring is 1. The highest BCUT2D eigenvalue weighted by atomic mass is 16.1. The first kappa shape index (κ1) is 10.1. The van der Waals surface area contributed by atoms with Crippen molar-refractivity contribution < 1.29 is 4.79 Å². The predicted molar refractivity (Wildman–Crippen MR) is 56.4 cm³/mol. The molecule has 72 valence electrons. The highest BCUT2D eigenvalue weighted by molar-refractivity contribution is 5.92. The van der Waals surface area contributed by atoms with Crippen LogP contribution in [0.15, 0.2) is 12.1 Å². The predicted octanol–water partition coefficient (Wildman–Crippen LogP) is 0.722. The molecule has 0 aliphatic rings. The molecule has 14 heavy (non-hydrogen) atoms. The number of benzene rings is 1. The third-order valence-electron chi connectivity index (χ3n) is 2.15. The normalized spacial score (nSPS) is 9.00. The summed E-state index contributed by atoms with van der Waals surface area (Å²) in [7, 11) is 0. The van der Waals surface area contributed by atoms with Gasteiger partial charge in [-0.1, -0.05) is 5.92 Å². The van der Waals surface area contributed by atoms with Crippen molar-refractivity contribution in [2.45, 2.75) is 13.8 Å². The number of rotatable bonds is 0. The number of hydrogen-bond donors (Lipinski definition) is 2. The molecule has 0 aliphatic heterocycles. The van der Waals surface area contributed by atoms with Gasteiger partial charge in [-0.15, -0.1) is 0 Å². The second-order valence-corrected chi connectivity index (χ2v) is 3.07. The monoisotopic (exact) mass is 188 g/mol. The zero-order valence-corrected chi connectivity index (χ0v) is 8.22. The van der Waals surface area contributed by atoms with Gasteiger partial charge < -0.3 is 11.5 Å². The Bertz CT molecular complexity index is 439. The number of carbonyl (C=O) groups is 1. The van der Waals surface area contributed by atoms with Crippen LogP contribution in [0.5, 0.6) is 0 Å². The zero-order valence-electron chi connectivity index (χ0n) is 8.22. The Morgan fingerprint density at radius 2 is 1.93 bits per heavy atom. The molecule has 0 atom stereocenters. The third-order valence-corrected chi connectivity index (χ3v) is 2.15. The van der Waals surface area contributed by atoms with E-state index in [2.05, 4.69) is 11.8 Å². The topological polar surface area (TPSA) is 69.1 Å². The van der Waals surface area contributed by atoms with Crippen LogP contribution in [-0.4, -0.2) is 5.91 Å². The van der Waals surface area contributed by atoms with Crippen LogP contribution in [0.25, 0.3) is 0 Å². The second-order valence-electron chi connectivity index (χ2n) is 3.07. The molecule has 0 radical (unpaired) electrons. The lowest BCUT2D eigenvalue weighted by Gasteiger charge is -2.05. The molecule has 4 N–H and O–H groups in total. The Balaban J connectivity index is 3.20. The van der Waals surface area contributed by atoms with E-state index in [1.54, 1.807) is 12.1 Å². The quantitative estimate of drug-likeness (QED) is 0.465. The first-order valence-electron chi connectivity index (χ1n) is 4.19. The molecular weight excluding hydrogens is 176 g/mol. The minimum atomic E-state index is -0.626. The summed E-state index contributed by atoms with van der Waals surface area (Å²) in [5.74, 6) is 4.37. The number of carbonyl (C=O) groups excluding carboxylic acids is 1. The molecular formula is C11H12N2O. The molecule has 1 rings (SSSR count). The van der Waals surface area contributed by atoms with Gasteiger partial charge in [0.25, 0.3) is 5.91 Å². The molecule has 0 bridgehead atoms. The average Bonchev–Trinajstić information content (AvgIpc) is 2.13. The van der Waals surface area contributed by atoms with E-state index >= 15 is 0 Å². The number of amides is 1. The average molecular weight is 188 g/mol. The van der Waals surface area contributed by atoms with E-state index in [-0.39, 0.29) is 0 Å². The van der Waals surface area contributed by atoms with Gasteiger partial charge in [0.15, 0.2) is 0 Å². The molecule has 0 heterocycles. The summed E-state index contributed by atoms with van der Waals surface area (Å²) in [6, 6.07) is 3.56. The summed E-state index contributed by atoms with van der Waals surface area (Å²) in [4.78, 5) is 10.5. The van der Waals surface area contributed by atoms with E-state index in [0.29, 0.717) is 0 Å². The minimum Gasteiger partial charge on any atom is -0.399 e. The molecule has 1 amide bonds. The Morgan fingerprint density at radius 1 is 1.29 bits per heavy atom. The van der Waals surface area contributed by atoms with Crippen LogP contribution < -0.4 is 11.5 Å². The Morgan fingerprint density at radius 3 is 2.50 bits per heavy atom. The highest BCUT2D eigenvalue weighted by Crippen LogP contribution is 2.18. The lowest BCUT2D eigenvalue weighted by Crippen LogP contribution is -2.06. The Kier molecular flexibility index (Phi) is 2.78. The van der Waals surface area contributed by atoms with Gasteiger partial charge in [0.05, 0.1) is 0 Å². The van der Waals surface area contributed by atoms with Crippen molar-refractivity contribution in [3.8, 4) is 11.8 Å². The van der Waals surface area contributed by atoms with E-state index < -0.39 is 5.91 Å². The van der Waals surface area contributed by atoms with Crippen molar-refractivity contribution in [2.24, 2.45) is 5.73 Å². The maximum atomic E-state index is 10.5. The van der Waals surface area contributed by atoms with E-state index in [1.165, 1.54) is 0 Å². The van der Waals surface area contributed by atoms with Gasteiger partial charge in [0, 0.05) is 11.3 Å². The van der Waals surface area contributed by atoms with Gasteiger partial charge in [-0.3, -0.25) is 4.79 Å². The second kappa shape index (κ2) is 3.84. The fraction of sp³-hybridized carbons (Fsp3) is 0.182. The molecule has 0 saturated heterocycles. The Labute approximate surface area is 83.1 Å². The van der Waals surface area contributed by atoms with Gasteiger partial charge in [-0.2, -0.15) is 0 Å². The number of nitrogens with two attached hydrogens (primary N) is 2. The van der Waals surface area contributed by atoms with E-state index in [4.69, 9.17) is 11.5 Å². The molecule has 0 aliphatic carbocycles. The van der Waals surface area contributed by atoms with Crippen LogP contribution in [-0.2, 0) is 4.79 Å². The number of anilines is 1. The zero-order chi connectivity index (χ0) is 10.7. The molecule has 1 aromatic carbocycles. The van der Waals surface area contributed by atoms with E-state index in [1.807, 2.05) is 13.8 Å². The molecule has 0 spiro atoms. The maximum absolute atomic E-state index is 10.5. The number of primary amides is 1. The van der Waals surface area contributed by atoms with Crippen LogP contribution >= 0.6 is 0 Å². The van der Waals surface area contributed by atoms with E-state index in [9.17, 15) is 4.79 Å². The maximum Gasteiger partial charge on any atom is 0.293 e. The highest BCUT2D eigenvalue weighted by Gasteiger charge is 2.01. The summed E-state index contributed by atoms with van der Waals surface area (Å²) in [6.07, 6.45) is 0. The summed E-state index contributed by atoms with van der Waals surface area (Å²) in [5, 5.41) is 0. The van der Waals surface area contributed by atoms with Gasteiger partial charge in [0.2, 0.25) is 0 Å². The van der Waals surface area contributed by atoms with Crippen LogP contribution in [0.2, 0.25) is 0 Å². The lowest BCUT2D eigenvalue weighted by molar-refractivity contribution is -0.112. The van der Waals surface area contributed by atoms with Gasteiger partial charge in [0.1, 0.15) is 0 Å². The summed E-state index contributed by atoms with van der Waals surface area (Å²) < 4.78 is 0. The van der Waals surface area contributed by atoms with Gasteiger partial charge in [-0.05, 0) is 43.0 Å². The SMILES string of the molecule is Cc1c(N)ccc(C#CC(N)=O)c1C. The minimum absolute atomic E-state index is 0.626. The molecule has 3 heteroatoms. The summed E-state index contributed by atoms with van der Waals surface area (Å²) in [5.41, 5.74) is 14.1. The van der Waals surface area contributed by atoms with Crippen LogP contribution in [0.1, 0.15) is 16.7 Å². The van der Waals surface area contributed by atoms with Crippen LogP contribution in [0.3, 0.4) is 0 Å². The Hall–Kier alpha value is -1.95. The molecule has 0 fully saturated rings. The van der Waals surface area contributed by atoms with Crippen LogP contribution in [0, 0.1) is 25.7 Å². The standard InChI is InChI=1S/C11H12N2O/c1-7-8(2)10(12)5-3-9(7)4-6-11(13)14/h3,5H,12H2,1-2H3,(H2,13,14). The molecule has 3 nitrogen and oxygen atoms in total.